The highest BCUT2D eigenvalue weighted by Gasteiger charge is 2.08. The van der Waals surface area contributed by atoms with E-state index < -0.39 is 0 Å². The van der Waals surface area contributed by atoms with Crippen LogP contribution in [-0.4, -0.2) is 18.1 Å². The molecule has 0 amide bonds. The molecule has 13 heavy (non-hydrogen) atoms. The van der Waals surface area contributed by atoms with Gasteiger partial charge in [0.1, 0.15) is 0 Å². The lowest BCUT2D eigenvalue weighted by Crippen LogP contribution is -2.06. The van der Waals surface area contributed by atoms with Crippen LogP contribution in [0.3, 0.4) is 0 Å². The molecule has 0 N–H and O–H groups in total. The molecule has 0 bridgehead atoms. The minimum atomic E-state index is -0.337. The Hall–Kier alpha value is -0.360. The van der Waals surface area contributed by atoms with Gasteiger partial charge in [-0.05, 0) is 28.7 Å². The van der Waals surface area contributed by atoms with E-state index in [0.29, 0.717) is 10.7 Å². The molecule has 0 fully saturated rings. The van der Waals surface area contributed by atoms with Crippen molar-refractivity contribution in [1.82, 2.24) is 4.98 Å². The molecule has 0 radical (unpaired) electrons. The van der Waals surface area contributed by atoms with Gasteiger partial charge < -0.3 is 4.74 Å². The van der Waals surface area contributed by atoms with Gasteiger partial charge in [-0.15, -0.1) is 0 Å². The Labute approximate surface area is 94.6 Å². The third-order valence-electron chi connectivity index (χ3n) is 1.42. The summed E-state index contributed by atoms with van der Waals surface area (Å²) in [5, 5.41) is 0.498. The summed E-state index contributed by atoms with van der Waals surface area (Å²) < 4.78 is 5.44. The lowest BCUT2D eigenvalue weighted by Gasteiger charge is -2.01. The number of aromatic nitrogens is 1. The number of halogens is 2. The molecular weight excluding hydrogens is 304 g/mol. The number of carbonyl (C=O) groups is 1. The molecule has 0 saturated heterocycles. The smallest absolute Gasteiger partial charge is 0.311 e. The van der Waals surface area contributed by atoms with Crippen LogP contribution in [0.1, 0.15) is 5.69 Å². The van der Waals surface area contributed by atoms with Crippen molar-refractivity contribution in [2.75, 3.05) is 7.11 Å². The second-order valence-electron chi connectivity index (χ2n) is 2.33. The third-order valence-corrected chi connectivity index (χ3v) is 2.34. The van der Waals surface area contributed by atoms with Crippen LogP contribution >= 0.6 is 34.2 Å². The second-order valence-corrected chi connectivity index (χ2v) is 3.99. The highest BCUT2D eigenvalue weighted by atomic mass is 127. The Bertz CT molecular complexity index is 330. The summed E-state index contributed by atoms with van der Waals surface area (Å²) in [5.41, 5.74) is 0.550. The van der Waals surface area contributed by atoms with Crippen molar-refractivity contribution in [3.63, 3.8) is 0 Å². The van der Waals surface area contributed by atoms with Crippen molar-refractivity contribution >= 4 is 40.2 Å². The maximum Gasteiger partial charge on any atom is 0.311 e. The summed E-state index contributed by atoms with van der Waals surface area (Å²) in [4.78, 5) is 14.9. The van der Waals surface area contributed by atoms with Crippen LogP contribution in [-0.2, 0) is 16.0 Å². The summed E-state index contributed by atoms with van der Waals surface area (Å²) in [7, 11) is 1.34. The molecule has 70 valence electrons. The molecule has 1 aromatic heterocycles. The highest BCUT2D eigenvalue weighted by molar-refractivity contribution is 14.1. The predicted molar refractivity (Wildman–Crippen MR) is 57.7 cm³/mol. The van der Waals surface area contributed by atoms with Crippen LogP contribution in [0, 0.1) is 3.57 Å². The van der Waals surface area contributed by atoms with E-state index in [0.717, 1.165) is 3.57 Å². The number of rotatable bonds is 2. The molecule has 1 rings (SSSR count). The van der Waals surface area contributed by atoms with Gasteiger partial charge in [-0.25, -0.2) is 0 Å². The Morgan fingerprint density at radius 3 is 3.00 bits per heavy atom. The molecule has 0 aromatic carbocycles. The Morgan fingerprint density at radius 1 is 1.77 bits per heavy atom. The number of esters is 1. The third kappa shape index (κ3) is 3.11. The normalized spacial score (nSPS) is 9.77. The summed E-state index contributed by atoms with van der Waals surface area (Å²) in [6.07, 6.45) is 1.77. The number of hydrogen-bond donors (Lipinski definition) is 0. The first-order valence-corrected chi connectivity index (χ1v) is 4.96. The van der Waals surface area contributed by atoms with Crippen LogP contribution in [0.15, 0.2) is 12.3 Å². The van der Waals surface area contributed by atoms with Crippen molar-refractivity contribution in [3.8, 4) is 0 Å². The quantitative estimate of drug-likeness (QED) is 0.620. The molecule has 3 nitrogen and oxygen atoms in total. The number of carbonyl (C=O) groups excluding carboxylic acids is 1. The van der Waals surface area contributed by atoms with Gasteiger partial charge in [-0.1, -0.05) is 11.6 Å². The van der Waals surface area contributed by atoms with E-state index in [-0.39, 0.29) is 12.4 Å². The Balaban J connectivity index is 2.83. The van der Waals surface area contributed by atoms with Gasteiger partial charge in [0.25, 0.3) is 0 Å². The first kappa shape index (κ1) is 10.7. The second kappa shape index (κ2) is 4.76. The fourth-order valence-corrected chi connectivity index (χ4v) is 1.65. The van der Waals surface area contributed by atoms with Crippen LogP contribution in [0.2, 0.25) is 5.02 Å². The zero-order valence-corrected chi connectivity index (χ0v) is 9.79. The molecule has 0 spiro atoms. The van der Waals surface area contributed by atoms with Crippen LogP contribution in [0.25, 0.3) is 0 Å². The van der Waals surface area contributed by atoms with Gasteiger partial charge in [-0.2, -0.15) is 0 Å². The molecule has 0 atom stereocenters. The van der Waals surface area contributed by atoms with Crippen molar-refractivity contribution in [2.24, 2.45) is 0 Å². The zero-order chi connectivity index (χ0) is 9.84. The lowest BCUT2D eigenvalue weighted by molar-refractivity contribution is -0.139. The molecule has 5 heteroatoms. The molecule has 0 saturated carbocycles. The standard InChI is InChI=1S/C8H7ClINO2/c1-13-8(12)3-7-6(9)2-5(10)4-11-7/h2,4H,3H2,1H3. The van der Waals surface area contributed by atoms with Gasteiger partial charge in [-0.3, -0.25) is 9.78 Å². The Morgan fingerprint density at radius 2 is 2.46 bits per heavy atom. The van der Waals surface area contributed by atoms with E-state index in [1.54, 1.807) is 12.3 Å². The zero-order valence-electron chi connectivity index (χ0n) is 6.88. The van der Waals surface area contributed by atoms with Gasteiger partial charge in [0, 0.05) is 9.77 Å². The number of pyridine rings is 1. The molecule has 1 heterocycles. The van der Waals surface area contributed by atoms with Gasteiger partial charge in [0.2, 0.25) is 0 Å². The summed E-state index contributed by atoms with van der Waals surface area (Å²) in [6, 6.07) is 1.76. The monoisotopic (exact) mass is 311 g/mol. The molecular formula is C8H7ClINO2. The molecule has 0 aliphatic rings. The average molecular weight is 312 g/mol. The van der Waals surface area contributed by atoms with E-state index in [2.05, 4.69) is 32.3 Å². The van der Waals surface area contributed by atoms with Crippen molar-refractivity contribution in [2.45, 2.75) is 6.42 Å². The van der Waals surface area contributed by atoms with Crippen molar-refractivity contribution in [1.29, 1.82) is 0 Å². The van der Waals surface area contributed by atoms with E-state index in [1.165, 1.54) is 7.11 Å². The summed E-state index contributed by atoms with van der Waals surface area (Å²) in [6.45, 7) is 0. The number of methoxy groups -OCH3 is 1. The lowest BCUT2D eigenvalue weighted by atomic mass is 10.3. The molecule has 0 aliphatic heterocycles. The van der Waals surface area contributed by atoms with E-state index in [9.17, 15) is 4.79 Å². The maximum absolute atomic E-state index is 10.9. The van der Waals surface area contributed by atoms with Crippen molar-refractivity contribution in [3.05, 3.63) is 26.5 Å². The minimum Gasteiger partial charge on any atom is -0.469 e. The van der Waals surface area contributed by atoms with E-state index in [1.807, 2.05) is 0 Å². The average Bonchev–Trinajstić information content (AvgIpc) is 2.09. The number of hydrogen-bond acceptors (Lipinski definition) is 3. The van der Waals surface area contributed by atoms with Crippen molar-refractivity contribution < 1.29 is 9.53 Å². The van der Waals surface area contributed by atoms with Crippen LogP contribution in [0.4, 0.5) is 0 Å². The Kier molecular flexibility index (Phi) is 3.92. The minimum absolute atomic E-state index is 0.117. The topological polar surface area (TPSA) is 39.2 Å². The fraction of sp³-hybridized carbons (Fsp3) is 0.250. The molecule has 0 aliphatic carbocycles. The van der Waals surface area contributed by atoms with Gasteiger partial charge in [0.05, 0.1) is 24.2 Å². The first-order valence-electron chi connectivity index (χ1n) is 3.50. The molecule has 1 aromatic rings. The summed E-state index contributed by atoms with van der Waals surface area (Å²) in [5.74, 6) is -0.337. The largest absolute Gasteiger partial charge is 0.469 e. The highest BCUT2D eigenvalue weighted by Crippen LogP contribution is 2.16. The number of ether oxygens (including phenoxy) is 1. The first-order chi connectivity index (χ1) is 6.13. The van der Waals surface area contributed by atoms with Crippen LogP contribution < -0.4 is 0 Å². The van der Waals surface area contributed by atoms with E-state index >= 15 is 0 Å². The van der Waals surface area contributed by atoms with E-state index in [4.69, 9.17) is 11.6 Å². The van der Waals surface area contributed by atoms with Crippen LogP contribution in [0.5, 0.6) is 0 Å². The predicted octanol–water partition coefficient (Wildman–Crippen LogP) is 2.06. The molecule has 0 unspecified atom stereocenters. The number of nitrogens with zero attached hydrogens (tertiary/aromatic N) is 1. The summed E-state index contributed by atoms with van der Waals surface area (Å²) >= 11 is 7.96. The van der Waals surface area contributed by atoms with Gasteiger partial charge in [0.15, 0.2) is 0 Å². The maximum atomic E-state index is 10.9. The fourth-order valence-electron chi connectivity index (χ4n) is 0.782. The van der Waals surface area contributed by atoms with Gasteiger partial charge >= 0.3 is 5.97 Å². The SMILES string of the molecule is COC(=O)Cc1ncc(I)cc1Cl.